The van der Waals surface area contributed by atoms with Gasteiger partial charge in [-0.1, -0.05) is 5.92 Å². The summed E-state index contributed by atoms with van der Waals surface area (Å²) >= 11 is 0. The van der Waals surface area contributed by atoms with E-state index in [0.29, 0.717) is 36.8 Å². The fourth-order valence-electron chi connectivity index (χ4n) is 3.14. The molecule has 3 rings (SSSR count). The first-order valence-corrected chi connectivity index (χ1v) is 9.89. The normalized spacial score (nSPS) is 13.8. The van der Waals surface area contributed by atoms with E-state index >= 15 is 0 Å². The summed E-state index contributed by atoms with van der Waals surface area (Å²) in [6.07, 6.45) is -5.08. The van der Waals surface area contributed by atoms with E-state index in [9.17, 15) is 22.8 Å². The van der Waals surface area contributed by atoms with Crippen molar-refractivity contribution in [1.82, 2.24) is 24.0 Å². The fraction of sp³-hybridized carbons (Fsp3) is 0.579. The molecule has 14 heteroatoms. The molecule has 1 fully saturated rings. The molecular weight excluding hydrogens is 449 g/mol. The predicted octanol–water partition coefficient (Wildman–Crippen LogP) is -0.391. The number of imidazole rings is 1. The number of methoxy groups -OCH3 is 1. The van der Waals surface area contributed by atoms with Crippen molar-refractivity contribution in [2.24, 2.45) is 7.05 Å². The summed E-state index contributed by atoms with van der Waals surface area (Å²) in [5.74, 6) is 3.81. The van der Waals surface area contributed by atoms with E-state index in [0.717, 1.165) is 30.7 Å². The Morgan fingerprint density at radius 1 is 1.24 bits per heavy atom. The monoisotopic (exact) mass is 474 g/mol. The summed E-state index contributed by atoms with van der Waals surface area (Å²) in [6.45, 7) is 6.06. The van der Waals surface area contributed by atoms with E-state index < -0.39 is 17.8 Å². The van der Waals surface area contributed by atoms with Gasteiger partial charge in [0.1, 0.15) is 0 Å². The number of aromatic nitrogens is 4. The van der Waals surface area contributed by atoms with Crippen LogP contribution in [0.5, 0.6) is 0 Å². The fourth-order valence-corrected chi connectivity index (χ4v) is 3.14. The lowest BCUT2D eigenvalue weighted by atomic mass is 10.4. The molecule has 11 nitrogen and oxygen atoms in total. The third-order valence-electron chi connectivity index (χ3n) is 4.79. The number of ether oxygens (including phenoxy) is 1. The zero-order valence-corrected chi connectivity index (χ0v) is 18.4. The minimum absolute atomic E-state index is 0.331. The van der Waals surface area contributed by atoms with Gasteiger partial charge in [0.15, 0.2) is 11.2 Å². The van der Waals surface area contributed by atoms with E-state index in [4.69, 9.17) is 19.6 Å². The van der Waals surface area contributed by atoms with Gasteiger partial charge in [0, 0.05) is 40.3 Å². The van der Waals surface area contributed by atoms with Crippen molar-refractivity contribution in [3.8, 4) is 11.8 Å². The van der Waals surface area contributed by atoms with Crippen molar-refractivity contribution in [3.05, 3.63) is 20.8 Å². The van der Waals surface area contributed by atoms with Crippen molar-refractivity contribution in [1.29, 1.82) is 0 Å². The molecule has 0 saturated carbocycles. The van der Waals surface area contributed by atoms with Gasteiger partial charge >= 0.3 is 17.8 Å². The number of carboxylic acid groups (broad SMARTS) is 1. The second kappa shape index (κ2) is 11.0. The third kappa shape index (κ3) is 5.93. The van der Waals surface area contributed by atoms with Crippen LogP contribution in [-0.2, 0) is 29.7 Å². The van der Waals surface area contributed by atoms with Crippen molar-refractivity contribution < 1.29 is 27.8 Å². The molecule has 2 N–H and O–H groups in total. The quantitative estimate of drug-likeness (QED) is 0.562. The number of hydrogen-bond donors (Lipinski definition) is 2. The van der Waals surface area contributed by atoms with Crippen LogP contribution in [0.3, 0.4) is 0 Å². The van der Waals surface area contributed by atoms with Crippen LogP contribution >= 0.6 is 0 Å². The van der Waals surface area contributed by atoms with Gasteiger partial charge in [0.25, 0.3) is 5.56 Å². The molecule has 0 unspecified atom stereocenters. The molecule has 182 valence electrons. The largest absolute Gasteiger partial charge is 0.490 e. The number of anilines is 1. The van der Waals surface area contributed by atoms with Crippen molar-refractivity contribution in [2.75, 3.05) is 44.8 Å². The zero-order chi connectivity index (χ0) is 24.8. The van der Waals surface area contributed by atoms with E-state index in [1.54, 1.807) is 14.0 Å². The van der Waals surface area contributed by atoms with Crippen LogP contribution in [0.1, 0.15) is 6.92 Å². The van der Waals surface area contributed by atoms with E-state index in [-0.39, 0.29) is 5.56 Å². The number of fused-ring (bicyclic) bond motifs is 1. The van der Waals surface area contributed by atoms with E-state index in [1.165, 1.54) is 11.6 Å². The minimum Gasteiger partial charge on any atom is -0.475 e. The Kier molecular flexibility index (Phi) is 8.66. The number of nitrogens with one attached hydrogen (secondary N) is 1. The molecule has 3 heterocycles. The maximum Gasteiger partial charge on any atom is 0.490 e. The maximum absolute atomic E-state index is 12.8. The number of aliphatic carboxylic acids is 1. The van der Waals surface area contributed by atoms with Crippen molar-refractivity contribution >= 4 is 23.1 Å². The number of carboxylic acids is 1. The van der Waals surface area contributed by atoms with Crippen LogP contribution in [0.25, 0.3) is 11.2 Å². The van der Waals surface area contributed by atoms with Gasteiger partial charge in [-0.05, 0) is 6.92 Å². The molecule has 2 aromatic rings. The molecule has 0 bridgehead atoms. The Bertz CT molecular complexity index is 1170. The number of nitrogens with zero attached hydrogens (tertiary/aromatic N) is 5. The summed E-state index contributed by atoms with van der Waals surface area (Å²) in [5, 5.41) is 10.4. The third-order valence-corrected chi connectivity index (χ3v) is 4.79. The summed E-state index contributed by atoms with van der Waals surface area (Å²) in [5.41, 5.74) is 0.0455. The second-order valence-electron chi connectivity index (χ2n) is 6.93. The van der Waals surface area contributed by atoms with Gasteiger partial charge in [-0.25, -0.2) is 9.59 Å². The van der Waals surface area contributed by atoms with E-state index in [2.05, 4.69) is 22.1 Å². The maximum atomic E-state index is 12.8. The summed E-state index contributed by atoms with van der Waals surface area (Å²) in [6, 6.07) is 0. The SMILES string of the molecule is CC#CCn1c(N2CCNCC2)nc2c1c(=O)n(C)c(=O)n2CCOC.O=C(O)C(F)(F)F. The lowest BCUT2D eigenvalue weighted by Gasteiger charge is -2.28. The second-order valence-corrected chi connectivity index (χ2v) is 6.93. The number of rotatable bonds is 5. The van der Waals surface area contributed by atoms with Crippen molar-refractivity contribution in [2.45, 2.75) is 26.2 Å². The first-order chi connectivity index (χ1) is 15.5. The molecule has 1 aliphatic rings. The molecule has 1 aliphatic heterocycles. The topological polar surface area (TPSA) is 124 Å². The van der Waals surface area contributed by atoms with Crippen LogP contribution in [-0.4, -0.2) is 75.8 Å². The van der Waals surface area contributed by atoms with Crippen LogP contribution < -0.4 is 21.5 Å². The minimum atomic E-state index is -5.08. The van der Waals surface area contributed by atoms with Gasteiger partial charge in [-0.2, -0.15) is 18.2 Å². The molecule has 1 saturated heterocycles. The highest BCUT2D eigenvalue weighted by atomic mass is 19.4. The Morgan fingerprint density at radius 2 is 1.85 bits per heavy atom. The molecule has 0 aliphatic carbocycles. The first kappa shape index (κ1) is 25.9. The Balaban J connectivity index is 0.000000479. The highest BCUT2D eigenvalue weighted by Crippen LogP contribution is 2.20. The predicted molar refractivity (Wildman–Crippen MR) is 113 cm³/mol. The van der Waals surface area contributed by atoms with Gasteiger partial charge in [-0.3, -0.25) is 18.5 Å². The molecular formula is C19H25F3N6O5. The zero-order valence-electron chi connectivity index (χ0n) is 18.4. The van der Waals surface area contributed by atoms with Gasteiger partial charge in [0.2, 0.25) is 5.95 Å². The summed E-state index contributed by atoms with van der Waals surface area (Å²) < 4.78 is 41.3. The van der Waals surface area contributed by atoms with Crippen LogP contribution in [0.4, 0.5) is 19.1 Å². The molecule has 0 atom stereocenters. The van der Waals surface area contributed by atoms with Crippen LogP contribution in [0.15, 0.2) is 9.59 Å². The lowest BCUT2D eigenvalue weighted by Crippen LogP contribution is -2.44. The molecule has 0 spiro atoms. The van der Waals surface area contributed by atoms with Crippen LogP contribution in [0, 0.1) is 11.8 Å². The van der Waals surface area contributed by atoms with Gasteiger partial charge in [-0.15, -0.1) is 5.92 Å². The standard InChI is InChI=1S/C17H24N6O3.C2HF3O2/c1-4-5-8-22-13-14(19-16(22)21-9-6-18-7-10-21)23(11-12-26-3)17(25)20(2)15(13)24;3-2(4,5)1(6)7/h18H,6-12H2,1-3H3;(H,6,7). The Morgan fingerprint density at radius 3 is 2.36 bits per heavy atom. The smallest absolute Gasteiger partial charge is 0.475 e. The highest BCUT2D eigenvalue weighted by Gasteiger charge is 2.38. The summed E-state index contributed by atoms with van der Waals surface area (Å²) in [4.78, 5) is 41.1. The van der Waals surface area contributed by atoms with Crippen molar-refractivity contribution in [3.63, 3.8) is 0 Å². The van der Waals surface area contributed by atoms with Gasteiger partial charge in [0.05, 0.1) is 19.7 Å². The molecule has 2 aromatic heterocycles. The lowest BCUT2D eigenvalue weighted by molar-refractivity contribution is -0.192. The Labute approximate surface area is 186 Å². The molecule has 0 radical (unpaired) electrons. The number of halogens is 3. The first-order valence-electron chi connectivity index (χ1n) is 9.89. The number of alkyl halides is 3. The van der Waals surface area contributed by atoms with E-state index in [1.807, 2.05) is 4.57 Å². The number of carbonyl (C=O) groups is 1. The number of piperazine rings is 1. The average Bonchev–Trinajstić information content (AvgIpc) is 3.16. The number of hydrogen-bond acceptors (Lipinski definition) is 7. The summed E-state index contributed by atoms with van der Waals surface area (Å²) in [7, 11) is 3.06. The molecule has 33 heavy (non-hydrogen) atoms. The Hall–Kier alpha value is -3.31. The highest BCUT2D eigenvalue weighted by molar-refractivity contribution is 5.75. The molecule has 0 amide bonds. The average molecular weight is 474 g/mol. The molecule has 0 aromatic carbocycles. The van der Waals surface area contributed by atoms with Gasteiger partial charge < -0.3 is 20.1 Å². The van der Waals surface area contributed by atoms with Crippen LogP contribution in [0.2, 0.25) is 0 Å².